The van der Waals surface area contributed by atoms with Crippen LogP contribution in [0.4, 0.5) is 11.6 Å². The standard InChI is InChI=1S/C25H27N7O2/c1-33-22-15-32(16-22)14-20-4-3-19(12-29-20)30-25-28-9-7-23(31-25)17-2-5-24(18(10-17)11-26)34-21-6-8-27-13-21/h2-5,7,9-10,12,21-22,27H,6,8,13-16H2,1H3,(H,28,30,31). The summed E-state index contributed by atoms with van der Waals surface area (Å²) >= 11 is 0. The van der Waals surface area contributed by atoms with Gasteiger partial charge in [0, 0.05) is 45.0 Å². The first kappa shape index (κ1) is 22.2. The van der Waals surface area contributed by atoms with Crippen LogP contribution in [0.5, 0.6) is 5.75 Å². The number of likely N-dealkylation sites (tertiary alicyclic amines) is 1. The monoisotopic (exact) mass is 457 g/mol. The van der Waals surface area contributed by atoms with Crippen molar-refractivity contribution in [2.75, 3.05) is 38.6 Å². The highest BCUT2D eigenvalue weighted by atomic mass is 16.5. The summed E-state index contributed by atoms with van der Waals surface area (Å²) in [5.74, 6) is 1.07. The van der Waals surface area contributed by atoms with Gasteiger partial charge in [0.1, 0.15) is 17.9 Å². The van der Waals surface area contributed by atoms with Crippen LogP contribution in [0.3, 0.4) is 0 Å². The quantitative estimate of drug-likeness (QED) is 0.528. The van der Waals surface area contributed by atoms with Gasteiger partial charge in [-0.2, -0.15) is 5.26 Å². The molecule has 0 aliphatic carbocycles. The molecule has 2 aromatic heterocycles. The predicted octanol–water partition coefficient (Wildman–Crippen LogP) is 2.73. The molecule has 2 fully saturated rings. The number of aromatic nitrogens is 3. The Labute approximate surface area is 198 Å². The highest BCUT2D eigenvalue weighted by Crippen LogP contribution is 2.27. The van der Waals surface area contributed by atoms with E-state index in [1.54, 1.807) is 19.5 Å². The van der Waals surface area contributed by atoms with E-state index in [0.29, 0.717) is 23.4 Å². The van der Waals surface area contributed by atoms with Crippen molar-refractivity contribution in [3.8, 4) is 23.1 Å². The summed E-state index contributed by atoms with van der Waals surface area (Å²) in [4.78, 5) is 15.8. The highest BCUT2D eigenvalue weighted by molar-refractivity contribution is 5.65. The highest BCUT2D eigenvalue weighted by Gasteiger charge is 2.26. The molecule has 2 aliphatic rings. The Morgan fingerprint density at radius 1 is 1.18 bits per heavy atom. The van der Waals surface area contributed by atoms with E-state index >= 15 is 0 Å². The molecule has 1 unspecified atom stereocenters. The lowest BCUT2D eigenvalue weighted by atomic mass is 10.1. The van der Waals surface area contributed by atoms with Gasteiger partial charge < -0.3 is 20.1 Å². The zero-order valence-electron chi connectivity index (χ0n) is 19.1. The molecular formula is C25H27N7O2. The number of nitriles is 1. The van der Waals surface area contributed by atoms with Gasteiger partial charge in [0.15, 0.2) is 0 Å². The number of nitrogens with one attached hydrogen (secondary N) is 2. The molecule has 3 aromatic rings. The van der Waals surface area contributed by atoms with Crippen LogP contribution in [0.25, 0.3) is 11.3 Å². The molecule has 0 bridgehead atoms. The molecule has 0 saturated carbocycles. The Hall–Kier alpha value is -3.58. The molecule has 9 heteroatoms. The van der Waals surface area contributed by atoms with Crippen LogP contribution in [0.15, 0.2) is 48.8 Å². The number of anilines is 2. The zero-order valence-corrected chi connectivity index (χ0v) is 19.1. The first-order valence-corrected chi connectivity index (χ1v) is 11.4. The third kappa shape index (κ3) is 5.15. The van der Waals surface area contributed by atoms with E-state index in [1.807, 2.05) is 36.4 Å². The molecule has 34 heavy (non-hydrogen) atoms. The van der Waals surface area contributed by atoms with Crippen LogP contribution in [0.1, 0.15) is 17.7 Å². The van der Waals surface area contributed by atoms with E-state index in [-0.39, 0.29) is 6.10 Å². The normalized spacial score (nSPS) is 18.3. The Balaban J connectivity index is 1.25. The molecule has 2 saturated heterocycles. The number of methoxy groups -OCH3 is 1. The fraction of sp³-hybridized carbons (Fsp3) is 0.360. The van der Waals surface area contributed by atoms with Crippen molar-refractivity contribution >= 4 is 11.6 Å². The van der Waals surface area contributed by atoms with Gasteiger partial charge in [-0.3, -0.25) is 9.88 Å². The molecule has 0 amide bonds. The molecule has 9 nitrogen and oxygen atoms in total. The van der Waals surface area contributed by atoms with Gasteiger partial charge in [-0.15, -0.1) is 0 Å². The number of nitrogens with zero attached hydrogens (tertiary/aromatic N) is 5. The first-order chi connectivity index (χ1) is 16.7. The Morgan fingerprint density at radius 2 is 2.09 bits per heavy atom. The number of hydrogen-bond acceptors (Lipinski definition) is 9. The average molecular weight is 458 g/mol. The van der Waals surface area contributed by atoms with Crippen LogP contribution in [0, 0.1) is 11.3 Å². The molecule has 1 atom stereocenters. The lowest BCUT2D eigenvalue weighted by Gasteiger charge is -2.37. The number of hydrogen-bond donors (Lipinski definition) is 2. The molecule has 174 valence electrons. The van der Waals surface area contributed by atoms with Gasteiger partial charge in [0.05, 0.1) is 34.9 Å². The Kier molecular flexibility index (Phi) is 6.62. The van der Waals surface area contributed by atoms with Gasteiger partial charge in [-0.25, -0.2) is 9.97 Å². The maximum atomic E-state index is 9.63. The lowest BCUT2D eigenvalue weighted by Crippen LogP contribution is -2.51. The van der Waals surface area contributed by atoms with Crippen molar-refractivity contribution < 1.29 is 9.47 Å². The van der Waals surface area contributed by atoms with Crippen molar-refractivity contribution in [3.63, 3.8) is 0 Å². The minimum atomic E-state index is 0.0981. The van der Waals surface area contributed by atoms with Crippen LogP contribution in [0.2, 0.25) is 0 Å². The minimum Gasteiger partial charge on any atom is -0.488 e. The SMILES string of the molecule is COC1CN(Cc2ccc(Nc3nccc(-c4ccc(OC5CCNC5)c(C#N)c4)n3)cn2)C1. The summed E-state index contributed by atoms with van der Waals surface area (Å²) in [5.41, 5.74) is 3.87. The maximum Gasteiger partial charge on any atom is 0.227 e. The molecule has 4 heterocycles. The first-order valence-electron chi connectivity index (χ1n) is 11.4. The van der Waals surface area contributed by atoms with Crippen LogP contribution < -0.4 is 15.4 Å². The van der Waals surface area contributed by atoms with Crippen molar-refractivity contribution in [3.05, 3.63) is 60.0 Å². The molecule has 2 aliphatic heterocycles. The second kappa shape index (κ2) is 10.1. The maximum absolute atomic E-state index is 9.63. The van der Waals surface area contributed by atoms with E-state index in [4.69, 9.17) is 9.47 Å². The lowest BCUT2D eigenvalue weighted by molar-refractivity contribution is -0.0339. The van der Waals surface area contributed by atoms with E-state index in [9.17, 15) is 5.26 Å². The number of benzene rings is 1. The predicted molar refractivity (Wildman–Crippen MR) is 128 cm³/mol. The fourth-order valence-corrected chi connectivity index (χ4v) is 4.12. The fourth-order valence-electron chi connectivity index (χ4n) is 4.12. The topological polar surface area (TPSA) is 108 Å². The third-order valence-electron chi connectivity index (χ3n) is 6.08. The van der Waals surface area contributed by atoms with Gasteiger partial charge in [0.25, 0.3) is 0 Å². The second-order valence-corrected chi connectivity index (χ2v) is 8.54. The number of ether oxygens (including phenoxy) is 2. The summed E-state index contributed by atoms with van der Waals surface area (Å²) in [5, 5.41) is 16.1. The summed E-state index contributed by atoms with van der Waals surface area (Å²) in [6, 6.07) is 13.6. The number of rotatable bonds is 8. The zero-order chi connectivity index (χ0) is 23.3. The van der Waals surface area contributed by atoms with E-state index in [0.717, 1.165) is 61.8 Å². The second-order valence-electron chi connectivity index (χ2n) is 8.54. The van der Waals surface area contributed by atoms with Crippen molar-refractivity contribution in [1.29, 1.82) is 5.26 Å². The molecular weight excluding hydrogens is 430 g/mol. The van der Waals surface area contributed by atoms with E-state index in [2.05, 4.69) is 36.6 Å². The average Bonchev–Trinajstić information content (AvgIpc) is 3.36. The number of pyridine rings is 1. The van der Waals surface area contributed by atoms with Gasteiger partial charge in [-0.1, -0.05) is 0 Å². The van der Waals surface area contributed by atoms with E-state index < -0.39 is 0 Å². The minimum absolute atomic E-state index is 0.0981. The van der Waals surface area contributed by atoms with Crippen molar-refractivity contribution in [2.24, 2.45) is 0 Å². The van der Waals surface area contributed by atoms with Crippen LogP contribution >= 0.6 is 0 Å². The Morgan fingerprint density at radius 3 is 2.82 bits per heavy atom. The van der Waals surface area contributed by atoms with E-state index in [1.165, 1.54) is 0 Å². The van der Waals surface area contributed by atoms with Gasteiger partial charge in [0.2, 0.25) is 5.95 Å². The van der Waals surface area contributed by atoms with Crippen molar-refractivity contribution in [1.82, 2.24) is 25.2 Å². The van der Waals surface area contributed by atoms with Gasteiger partial charge >= 0.3 is 0 Å². The summed E-state index contributed by atoms with van der Waals surface area (Å²) < 4.78 is 11.3. The van der Waals surface area contributed by atoms with Crippen LogP contribution in [-0.2, 0) is 11.3 Å². The van der Waals surface area contributed by atoms with Crippen molar-refractivity contribution in [2.45, 2.75) is 25.2 Å². The summed E-state index contributed by atoms with van der Waals surface area (Å²) in [6.07, 6.45) is 4.86. The largest absolute Gasteiger partial charge is 0.488 e. The third-order valence-corrected chi connectivity index (χ3v) is 6.08. The molecule has 5 rings (SSSR count). The Bertz CT molecular complexity index is 1170. The molecule has 1 aromatic carbocycles. The molecule has 0 radical (unpaired) electrons. The smallest absolute Gasteiger partial charge is 0.227 e. The van der Waals surface area contributed by atoms with Gasteiger partial charge in [-0.05, 0) is 49.4 Å². The summed E-state index contributed by atoms with van der Waals surface area (Å²) in [6.45, 7) is 4.43. The molecule has 2 N–H and O–H groups in total. The van der Waals surface area contributed by atoms with Crippen LogP contribution in [-0.4, -0.2) is 65.3 Å². The summed E-state index contributed by atoms with van der Waals surface area (Å²) in [7, 11) is 1.75. The molecule has 0 spiro atoms.